The lowest BCUT2D eigenvalue weighted by atomic mass is 10.1. The van der Waals surface area contributed by atoms with Crippen molar-refractivity contribution in [2.24, 2.45) is 0 Å². The van der Waals surface area contributed by atoms with E-state index < -0.39 is 46.8 Å². The SMILES string of the molecule is Nc1nc(=S)c2ncn([C@@H]3O[C@H](COP(=O)(O)OP(=O)(O)O)C(O)C3O)c2[nH]1. The Morgan fingerprint density at radius 3 is 2.64 bits per heavy atom. The monoisotopic (exact) mass is 459 g/mol. The smallest absolute Gasteiger partial charge is 0.387 e. The first-order valence-electron chi connectivity index (χ1n) is 7.36. The highest BCUT2D eigenvalue weighted by atomic mass is 32.1. The first-order valence-corrected chi connectivity index (χ1v) is 10.8. The van der Waals surface area contributed by atoms with E-state index in [1.807, 2.05) is 0 Å². The molecule has 3 unspecified atom stereocenters. The molecule has 1 fully saturated rings. The number of hydrogen-bond acceptors (Lipinski definition) is 11. The summed E-state index contributed by atoms with van der Waals surface area (Å²) in [5, 5.41) is 20.4. The fraction of sp³-hybridized carbons (Fsp3) is 0.500. The molecule has 1 saturated heterocycles. The zero-order valence-electron chi connectivity index (χ0n) is 13.6. The molecule has 8 N–H and O–H groups in total. The van der Waals surface area contributed by atoms with Crippen molar-refractivity contribution in [1.82, 2.24) is 19.5 Å². The van der Waals surface area contributed by atoms with E-state index in [0.717, 1.165) is 0 Å². The molecule has 1 aliphatic heterocycles. The number of fused-ring (bicyclic) bond motifs is 1. The fourth-order valence-corrected chi connectivity index (χ4v) is 4.42. The van der Waals surface area contributed by atoms with Crippen LogP contribution in [0.25, 0.3) is 11.2 Å². The van der Waals surface area contributed by atoms with Crippen molar-refractivity contribution >= 4 is 45.0 Å². The largest absolute Gasteiger partial charge is 0.481 e. The third-order valence-corrected chi connectivity index (χ3v) is 6.12. The van der Waals surface area contributed by atoms with Crippen LogP contribution in [0.5, 0.6) is 0 Å². The Bertz CT molecular complexity index is 1040. The number of nitrogen functional groups attached to an aromatic ring is 1. The minimum Gasteiger partial charge on any atom is -0.387 e. The molecule has 5 atom stereocenters. The number of nitrogens with zero attached hydrogens (tertiary/aromatic N) is 3. The quantitative estimate of drug-likeness (QED) is 0.201. The number of aliphatic hydroxyl groups excluding tert-OH is 2. The van der Waals surface area contributed by atoms with E-state index in [0.29, 0.717) is 0 Å². The number of imidazole rings is 1. The normalized spacial score (nSPS) is 27.9. The van der Waals surface area contributed by atoms with E-state index in [1.165, 1.54) is 10.9 Å². The molecule has 0 saturated carbocycles. The number of aromatic amines is 1. The van der Waals surface area contributed by atoms with Crippen molar-refractivity contribution in [3.05, 3.63) is 11.0 Å². The van der Waals surface area contributed by atoms with Crippen molar-refractivity contribution in [3.8, 4) is 0 Å². The van der Waals surface area contributed by atoms with Gasteiger partial charge in [-0.3, -0.25) is 9.09 Å². The van der Waals surface area contributed by atoms with Crippen molar-refractivity contribution in [2.45, 2.75) is 24.5 Å². The molecule has 0 aliphatic carbocycles. The van der Waals surface area contributed by atoms with Crippen LogP contribution in [-0.4, -0.2) is 69.3 Å². The minimum absolute atomic E-state index is 0.0250. The van der Waals surface area contributed by atoms with E-state index in [9.17, 15) is 24.2 Å². The number of phosphoric acid groups is 2. The van der Waals surface area contributed by atoms with Crippen LogP contribution in [0.3, 0.4) is 0 Å². The number of aromatic nitrogens is 4. The van der Waals surface area contributed by atoms with Gasteiger partial charge in [0, 0.05) is 0 Å². The van der Waals surface area contributed by atoms with Crippen molar-refractivity contribution in [1.29, 1.82) is 0 Å². The van der Waals surface area contributed by atoms with Crippen LogP contribution in [0, 0.1) is 4.64 Å². The van der Waals surface area contributed by atoms with Crippen LogP contribution in [0.1, 0.15) is 6.23 Å². The summed E-state index contributed by atoms with van der Waals surface area (Å²) in [5.41, 5.74) is 6.10. The molecule has 2 aromatic heterocycles. The highest BCUT2D eigenvalue weighted by Gasteiger charge is 2.45. The van der Waals surface area contributed by atoms with Crippen molar-refractivity contribution < 1.29 is 47.6 Å². The molecule has 156 valence electrons. The molecule has 28 heavy (non-hydrogen) atoms. The Labute approximate surface area is 160 Å². The summed E-state index contributed by atoms with van der Waals surface area (Å²) >= 11 is 5.03. The maximum Gasteiger partial charge on any atom is 0.481 e. The van der Waals surface area contributed by atoms with Gasteiger partial charge in [0.25, 0.3) is 0 Å². The molecule has 3 heterocycles. The summed E-state index contributed by atoms with van der Waals surface area (Å²) < 4.78 is 37.0. The van der Waals surface area contributed by atoms with Gasteiger partial charge in [-0.15, -0.1) is 0 Å². The maximum atomic E-state index is 11.5. The van der Waals surface area contributed by atoms with Crippen molar-refractivity contribution in [2.75, 3.05) is 12.3 Å². The molecular weight excluding hydrogens is 444 g/mol. The average Bonchev–Trinajstić information content (AvgIpc) is 3.06. The first kappa shape index (κ1) is 21.4. The number of H-pyrrole nitrogens is 1. The number of hydrogen-bond donors (Lipinski definition) is 7. The van der Waals surface area contributed by atoms with Crippen LogP contribution in [0.15, 0.2) is 6.33 Å². The summed E-state index contributed by atoms with van der Waals surface area (Å²) in [6.45, 7) is -0.825. The lowest BCUT2D eigenvalue weighted by Crippen LogP contribution is -2.33. The predicted molar refractivity (Wildman–Crippen MR) is 92.0 cm³/mol. The second-order valence-electron chi connectivity index (χ2n) is 5.66. The number of rotatable bonds is 6. The molecule has 0 bridgehead atoms. The topological polar surface area (TPSA) is 235 Å². The standard InChI is InChI=1S/C10H15N5O10P2S/c11-10-13-7-4(8(28)14-10)12-2-15(7)9-6(17)5(16)3(24-9)1-23-27(21,22)25-26(18,19)20/h2-3,5-6,9,16-17H,1H2,(H,21,22)(H2,18,19,20)(H3,11,13,14,28)/t3-,5?,6?,9-/m1/s1. The number of phosphoric ester groups is 1. The maximum absolute atomic E-state index is 11.5. The number of anilines is 1. The number of ether oxygens (including phenoxy) is 1. The zero-order chi connectivity index (χ0) is 20.9. The Kier molecular flexibility index (Phi) is 5.75. The molecule has 0 radical (unpaired) electrons. The van der Waals surface area contributed by atoms with Crippen LogP contribution in [0.4, 0.5) is 5.95 Å². The zero-order valence-corrected chi connectivity index (χ0v) is 16.2. The van der Waals surface area contributed by atoms with Gasteiger partial charge < -0.3 is 40.3 Å². The molecular formula is C10H15N5O10P2S. The second kappa shape index (κ2) is 7.51. The number of nitrogens with one attached hydrogen (secondary N) is 1. The predicted octanol–water partition coefficient (Wildman–Crippen LogP) is -1.08. The molecule has 0 amide bonds. The Balaban J connectivity index is 1.79. The molecule has 2 aromatic rings. The molecule has 0 aromatic carbocycles. The molecule has 1 aliphatic rings. The van der Waals surface area contributed by atoms with Gasteiger partial charge in [-0.2, -0.15) is 4.31 Å². The highest BCUT2D eigenvalue weighted by Crippen LogP contribution is 2.57. The lowest BCUT2D eigenvalue weighted by Gasteiger charge is -2.17. The van der Waals surface area contributed by atoms with Gasteiger partial charge in [0.1, 0.15) is 29.5 Å². The van der Waals surface area contributed by atoms with Crippen LogP contribution in [-0.2, 0) is 22.7 Å². The Morgan fingerprint density at radius 1 is 1.32 bits per heavy atom. The van der Waals surface area contributed by atoms with Gasteiger partial charge >= 0.3 is 15.6 Å². The highest BCUT2D eigenvalue weighted by molar-refractivity contribution is 7.71. The lowest BCUT2D eigenvalue weighted by molar-refractivity contribution is -0.0503. The second-order valence-corrected chi connectivity index (χ2v) is 8.88. The van der Waals surface area contributed by atoms with Gasteiger partial charge in [0.15, 0.2) is 16.8 Å². The summed E-state index contributed by atoms with van der Waals surface area (Å²) in [6, 6.07) is 0. The summed E-state index contributed by atoms with van der Waals surface area (Å²) in [4.78, 5) is 37.0. The van der Waals surface area contributed by atoms with Gasteiger partial charge in [0.05, 0.1) is 12.9 Å². The van der Waals surface area contributed by atoms with E-state index in [2.05, 4.69) is 23.8 Å². The fourth-order valence-electron chi connectivity index (χ4n) is 2.57. The average molecular weight is 459 g/mol. The van der Waals surface area contributed by atoms with Crippen LogP contribution in [0.2, 0.25) is 0 Å². The van der Waals surface area contributed by atoms with Gasteiger partial charge in [-0.05, 0) is 0 Å². The summed E-state index contributed by atoms with van der Waals surface area (Å²) in [5.74, 6) is -0.0250. The molecule has 18 heteroatoms. The van der Waals surface area contributed by atoms with Crippen molar-refractivity contribution in [3.63, 3.8) is 0 Å². The van der Waals surface area contributed by atoms with Crippen LogP contribution >= 0.6 is 27.9 Å². The van der Waals surface area contributed by atoms with E-state index in [4.69, 9.17) is 32.5 Å². The minimum atomic E-state index is -5.30. The molecule has 3 rings (SSSR count). The van der Waals surface area contributed by atoms with E-state index >= 15 is 0 Å². The Morgan fingerprint density at radius 2 is 2.00 bits per heavy atom. The van der Waals surface area contributed by atoms with Gasteiger partial charge in [0.2, 0.25) is 0 Å². The van der Waals surface area contributed by atoms with Gasteiger partial charge in [-0.25, -0.2) is 19.1 Å². The van der Waals surface area contributed by atoms with Crippen LogP contribution < -0.4 is 5.73 Å². The third kappa shape index (κ3) is 4.48. The molecule has 15 nitrogen and oxygen atoms in total. The van der Waals surface area contributed by atoms with E-state index in [1.54, 1.807) is 0 Å². The van der Waals surface area contributed by atoms with E-state index in [-0.39, 0.29) is 21.8 Å². The Hall–Kier alpha value is -1.29. The summed E-state index contributed by atoms with van der Waals surface area (Å²) in [7, 11) is -10.4. The summed E-state index contributed by atoms with van der Waals surface area (Å²) in [6.07, 6.45) is -4.43. The molecule has 0 spiro atoms. The number of nitrogens with two attached hydrogens (primary N) is 1. The third-order valence-electron chi connectivity index (χ3n) is 3.69. The van der Waals surface area contributed by atoms with Gasteiger partial charge in [-0.1, -0.05) is 12.2 Å². The number of aliphatic hydroxyl groups is 2. The first-order chi connectivity index (χ1) is 12.9.